The van der Waals surface area contributed by atoms with E-state index in [2.05, 4.69) is 47.3 Å². The molecule has 1 aromatic rings. The van der Waals surface area contributed by atoms with Gasteiger partial charge in [0.05, 0.1) is 12.3 Å². The summed E-state index contributed by atoms with van der Waals surface area (Å²) in [5.41, 5.74) is 2.24. The van der Waals surface area contributed by atoms with Crippen molar-refractivity contribution in [2.24, 2.45) is 10.9 Å². The highest BCUT2D eigenvalue weighted by Gasteiger charge is 2.24. The molecule has 0 aromatic carbocycles. The van der Waals surface area contributed by atoms with Gasteiger partial charge < -0.3 is 20.3 Å². The third-order valence-corrected chi connectivity index (χ3v) is 4.86. The fourth-order valence-corrected chi connectivity index (χ4v) is 3.39. The lowest BCUT2D eigenvalue weighted by Crippen LogP contribution is -2.50. The number of hydrogen-bond acceptors (Lipinski definition) is 4. The molecule has 1 unspecified atom stereocenters. The van der Waals surface area contributed by atoms with E-state index in [0.29, 0.717) is 31.7 Å². The van der Waals surface area contributed by atoms with Crippen molar-refractivity contribution in [2.45, 2.75) is 60.0 Å². The molecule has 0 saturated carbocycles. The molecule has 1 aliphatic rings. The van der Waals surface area contributed by atoms with E-state index in [9.17, 15) is 4.79 Å². The molecule has 29 heavy (non-hydrogen) atoms. The Morgan fingerprint density at radius 1 is 1.34 bits per heavy atom. The Balaban J connectivity index is 0.00000420. The van der Waals surface area contributed by atoms with Gasteiger partial charge in [-0.3, -0.25) is 9.67 Å². The Bertz CT molecular complexity index is 655. The largest absolute Gasteiger partial charge is 0.450 e. The first-order valence-electron chi connectivity index (χ1n) is 10.4. The number of aromatic nitrogens is 2. The average molecular weight is 520 g/mol. The van der Waals surface area contributed by atoms with Crippen molar-refractivity contribution in [1.82, 2.24) is 25.3 Å². The van der Waals surface area contributed by atoms with Crippen LogP contribution in [0.15, 0.2) is 11.1 Å². The van der Waals surface area contributed by atoms with Gasteiger partial charge in [-0.25, -0.2) is 4.79 Å². The first-order valence-corrected chi connectivity index (χ1v) is 10.4. The summed E-state index contributed by atoms with van der Waals surface area (Å²) < 4.78 is 7.14. The summed E-state index contributed by atoms with van der Waals surface area (Å²) in [6, 6.07) is 2.42. The number of carbonyl (C=O) groups is 1. The number of ether oxygens (including phenoxy) is 1. The summed E-state index contributed by atoms with van der Waals surface area (Å²) in [6.45, 7) is 14.5. The van der Waals surface area contributed by atoms with Gasteiger partial charge in [-0.15, -0.1) is 24.0 Å². The molecule has 8 nitrogen and oxygen atoms in total. The molecule has 166 valence electrons. The van der Waals surface area contributed by atoms with Gasteiger partial charge in [0.15, 0.2) is 5.96 Å². The lowest BCUT2D eigenvalue weighted by atomic mass is 10.1. The molecule has 1 aromatic heterocycles. The second kappa shape index (κ2) is 12.9. The Kier molecular flexibility index (Phi) is 11.4. The lowest BCUT2D eigenvalue weighted by molar-refractivity contribution is 0.0963. The molecular formula is C20H37IN6O2. The third kappa shape index (κ3) is 8.39. The van der Waals surface area contributed by atoms with E-state index < -0.39 is 0 Å². The highest BCUT2D eigenvalue weighted by molar-refractivity contribution is 14.0. The Hall–Kier alpha value is -1.52. The second-order valence-corrected chi connectivity index (χ2v) is 7.54. The van der Waals surface area contributed by atoms with E-state index in [1.165, 1.54) is 5.69 Å². The minimum atomic E-state index is -0.209. The van der Waals surface area contributed by atoms with Crippen LogP contribution in [0, 0.1) is 19.8 Å². The molecule has 1 saturated heterocycles. The minimum Gasteiger partial charge on any atom is -0.450 e. The maximum absolute atomic E-state index is 11.8. The van der Waals surface area contributed by atoms with Gasteiger partial charge in [0.1, 0.15) is 0 Å². The van der Waals surface area contributed by atoms with Crippen LogP contribution in [-0.4, -0.2) is 65.6 Å². The van der Waals surface area contributed by atoms with Crippen LogP contribution in [0.25, 0.3) is 0 Å². The fraction of sp³-hybridized carbons (Fsp3) is 0.750. The summed E-state index contributed by atoms with van der Waals surface area (Å²) in [4.78, 5) is 18.4. The number of nitrogens with zero attached hydrogens (tertiary/aromatic N) is 4. The highest BCUT2D eigenvalue weighted by atomic mass is 127. The third-order valence-electron chi connectivity index (χ3n) is 4.86. The van der Waals surface area contributed by atoms with Gasteiger partial charge in [-0.05, 0) is 52.5 Å². The smallest absolute Gasteiger partial charge is 0.409 e. The number of halogens is 1. The molecule has 1 atom stereocenters. The van der Waals surface area contributed by atoms with E-state index in [-0.39, 0.29) is 30.1 Å². The normalized spacial score (nSPS) is 16.2. The molecule has 2 N–H and O–H groups in total. The van der Waals surface area contributed by atoms with Crippen LogP contribution in [-0.2, 0) is 11.3 Å². The molecule has 1 aliphatic heterocycles. The zero-order chi connectivity index (χ0) is 20.5. The number of likely N-dealkylation sites (tertiary alicyclic amines) is 1. The number of carbonyl (C=O) groups excluding carboxylic acids is 1. The quantitative estimate of drug-likeness (QED) is 0.328. The first-order chi connectivity index (χ1) is 13.4. The molecule has 0 radical (unpaired) electrons. The molecular weight excluding hydrogens is 483 g/mol. The maximum Gasteiger partial charge on any atom is 0.409 e. The highest BCUT2D eigenvalue weighted by Crippen LogP contribution is 2.12. The monoisotopic (exact) mass is 520 g/mol. The van der Waals surface area contributed by atoms with Crippen molar-refractivity contribution in [2.75, 3.05) is 32.8 Å². The van der Waals surface area contributed by atoms with Crippen molar-refractivity contribution in [3.63, 3.8) is 0 Å². The van der Waals surface area contributed by atoms with Gasteiger partial charge in [0.2, 0.25) is 0 Å². The van der Waals surface area contributed by atoms with E-state index in [1.807, 2.05) is 13.8 Å². The van der Waals surface area contributed by atoms with Gasteiger partial charge in [-0.1, -0.05) is 6.92 Å². The number of hydrogen-bond donors (Lipinski definition) is 2. The van der Waals surface area contributed by atoms with E-state index in [1.54, 1.807) is 4.90 Å². The zero-order valence-electron chi connectivity index (χ0n) is 18.4. The SMILES string of the molecule is CCNC(=NCC(C)Cn1nc(C)cc1C)NC1CCN(C(=O)OCC)CC1.I. The Morgan fingerprint density at radius 3 is 2.59 bits per heavy atom. The van der Waals surface area contributed by atoms with Crippen LogP contribution in [0.1, 0.15) is 45.0 Å². The summed E-state index contributed by atoms with van der Waals surface area (Å²) in [5, 5.41) is 11.4. The van der Waals surface area contributed by atoms with Crippen LogP contribution < -0.4 is 10.6 Å². The summed E-state index contributed by atoms with van der Waals surface area (Å²) in [7, 11) is 0. The number of rotatable bonds is 7. The van der Waals surface area contributed by atoms with Crippen molar-refractivity contribution >= 4 is 36.0 Å². The summed E-state index contributed by atoms with van der Waals surface area (Å²) in [5.74, 6) is 1.23. The fourth-order valence-electron chi connectivity index (χ4n) is 3.39. The van der Waals surface area contributed by atoms with Gasteiger partial charge in [0, 0.05) is 44.5 Å². The summed E-state index contributed by atoms with van der Waals surface area (Å²) in [6.07, 6.45) is 1.58. The molecule has 1 fully saturated rings. The number of nitrogens with one attached hydrogen (secondary N) is 2. The predicted octanol–water partition coefficient (Wildman–Crippen LogP) is 2.93. The van der Waals surface area contributed by atoms with Crippen LogP contribution in [0.2, 0.25) is 0 Å². The molecule has 0 spiro atoms. The molecule has 9 heteroatoms. The maximum atomic E-state index is 11.8. The minimum absolute atomic E-state index is 0. The topological polar surface area (TPSA) is 83.8 Å². The number of aryl methyl sites for hydroxylation is 2. The number of guanidine groups is 1. The molecule has 0 aliphatic carbocycles. The standard InChI is InChI=1S/C20H36N6O2.HI/c1-6-21-19(22-13-15(3)14-26-17(5)12-16(4)24-26)23-18-8-10-25(11-9-18)20(27)28-7-2;/h12,15,18H,6-11,13-14H2,1-5H3,(H2,21,22,23);1H. The van der Waals surface area contributed by atoms with Crippen LogP contribution in [0.5, 0.6) is 0 Å². The predicted molar refractivity (Wildman–Crippen MR) is 127 cm³/mol. The van der Waals surface area contributed by atoms with Gasteiger partial charge >= 0.3 is 6.09 Å². The van der Waals surface area contributed by atoms with E-state index >= 15 is 0 Å². The molecule has 2 heterocycles. The lowest BCUT2D eigenvalue weighted by Gasteiger charge is -2.32. The van der Waals surface area contributed by atoms with Crippen molar-refractivity contribution < 1.29 is 9.53 Å². The van der Waals surface area contributed by atoms with Gasteiger partial charge in [-0.2, -0.15) is 5.10 Å². The number of amides is 1. The van der Waals surface area contributed by atoms with E-state index in [4.69, 9.17) is 9.73 Å². The van der Waals surface area contributed by atoms with Crippen LogP contribution >= 0.6 is 24.0 Å². The second-order valence-electron chi connectivity index (χ2n) is 7.54. The molecule has 1 amide bonds. The first kappa shape index (κ1) is 25.5. The summed E-state index contributed by atoms with van der Waals surface area (Å²) >= 11 is 0. The molecule has 2 rings (SSSR count). The van der Waals surface area contributed by atoms with Crippen LogP contribution in [0.4, 0.5) is 4.79 Å². The van der Waals surface area contributed by atoms with Crippen LogP contribution in [0.3, 0.4) is 0 Å². The van der Waals surface area contributed by atoms with Crippen molar-refractivity contribution in [3.05, 3.63) is 17.5 Å². The van der Waals surface area contributed by atoms with Gasteiger partial charge in [0.25, 0.3) is 0 Å². The Morgan fingerprint density at radius 2 is 2.03 bits per heavy atom. The van der Waals surface area contributed by atoms with E-state index in [0.717, 1.165) is 44.1 Å². The number of piperidine rings is 1. The van der Waals surface area contributed by atoms with Crippen molar-refractivity contribution in [3.8, 4) is 0 Å². The zero-order valence-corrected chi connectivity index (χ0v) is 20.7. The molecule has 0 bridgehead atoms. The average Bonchev–Trinajstić information content (AvgIpc) is 2.97. The Labute approximate surface area is 191 Å². The number of aliphatic imine (C=N–C) groups is 1. The van der Waals surface area contributed by atoms with Crippen molar-refractivity contribution in [1.29, 1.82) is 0 Å².